The minimum Gasteiger partial charge on any atom is -0.380 e. The van der Waals surface area contributed by atoms with Crippen molar-refractivity contribution < 1.29 is 4.74 Å². The third kappa shape index (κ3) is 3.35. The van der Waals surface area contributed by atoms with E-state index in [1.54, 1.807) is 0 Å². The van der Waals surface area contributed by atoms with Gasteiger partial charge in [0, 0.05) is 20.2 Å². The topological polar surface area (TPSA) is 108 Å². The molecule has 0 aliphatic rings. The molecule has 19 heavy (non-hydrogen) atoms. The van der Waals surface area contributed by atoms with Crippen LogP contribution in [0, 0.1) is 0 Å². The lowest BCUT2D eigenvalue weighted by molar-refractivity contribution is 0.154. The summed E-state index contributed by atoms with van der Waals surface area (Å²) in [6.45, 7) is 3.88. The van der Waals surface area contributed by atoms with Crippen LogP contribution in [0.5, 0.6) is 0 Å². The zero-order chi connectivity index (χ0) is 13.7. The van der Waals surface area contributed by atoms with E-state index in [1.807, 2.05) is 18.9 Å². The van der Waals surface area contributed by atoms with Crippen LogP contribution < -0.4 is 10.6 Å². The van der Waals surface area contributed by atoms with Crippen molar-refractivity contribution in [3.8, 4) is 5.95 Å². The smallest absolute Gasteiger partial charge is 0.258 e. The number of nitrogen functional groups attached to an aromatic ring is 1. The summed E-state index contributed by atoms with van der Waals surface area (Å²) < 4.78 is 6.72. The van der Waals surface area contributed by atoms with E-state index in [-0.39, 0.29) is 5.95 Å². The molecule has 2 aromatic heterocycles. The van der Waals surface area contributed by atoms with Gasteiger partial charge in [-0.15, -0.1) is 0 Å². The molecule has 2 rings (SSSR count). The standard InChI is InChI=1S/C10H16N8O/c1-3-19-5-4-17(2)9-14-8(11)15-10(16-9)18-7-12-6-13-18/h6-7H,3-5H2,1-2H3,(H2,11,14,15,16). The SMILES string of the molecule is CCOCCN(C)c1nc(N)nc(-n2cncn2)n1. The summed E-state index contributed by atoms with van der Waals surface area (Å²) >= 11 is 0. The van der Waals surface area contributed by atoms with Gasteiger partial charge in [0.1, 0.15) is 12.7 Å². The minimum atomic E-state index is 0.138. The van der Waals surface area contributed by atoms with Gasteiger partial charge in [-0.3, -0.25) is 0 Å². The number of hydrogen-bond acceptors (Lipinski definition) is 8. The number of ether oxygens (including phenoxy) is 1. The van der Waals surface area contributed by atoms with Crippen LogP contribution in [0.1, 0.15) is 6.92 Å². The van der Waals surface area contributed by atoms with E-state index in [9.17, 15) is 0 Å². The summed E-state index contributed by atoms with van der Waals surface area (Å²) in [5, 5.41) is 3.96. The quantitative estimate of drug-likeness (QED) is 0.696. The van der Waals surface area contributed by atoms with E-state index in [0.29, 0.717) is 31.7 Å². The summed E-state index contributed by atoms with van der Waals surface area (Å²) in [6, 6.07) is 0. The highest BCUT2D eigenvalue weighted by molar-refractivity contribution is 5.36. The lowest BCUT2D eigenvalue weighted by Crippen LogP contribution is -2.26. The molecule has 2 N–H and O–H groups in total. The van der Waals surface area contributed by atoms with Crippen molar-refractivity contribution in [3.05, 3.63) is 12.7 Å². The Morgan fingerprint density at radius 2 is 2.21 bits per heavy atom. The largest absolute Gasteiger partial charge is 0.380 e. The molecular weight excluding hydrogens is 248 g/mol. The Hall–Kier alpha value is -2.29. The highest BCUT2D eigenvalue weighted by Crippen LogP contribution is 2.09. The van der Waals surface area contributed by atoms with Gasteiger partial charge in [0.15, 0.2) is 0 Å². The number of aromatic nitrogens is 6. The van der Waals surface area contributed by atoms with E-state index in [4.69, 9.17) is 10.5 Å². The van der Waals surface area contributed by atoms with Crippen molar-refractivity contribution in [1.29, 1.82) is 0 Å². The van der Waals surface area contributed by atoms with E-state index in [2.05, 4.69) is 25.0 Å². The molecule has 9 heteroatoms. The molecule has 9 nitrogen and oxygen atoms in total. The highest BCUT2D eigenvalue weighted by Gasteiger charge is 2.10. The second-order valence-corrected chi connectivity index (χ2v) is 3.75. The molecule has 0 aliphatic heterocycles. The van der Waals surface area contributed by atoms with Crippen LogP contribution in [0.15, 0.2) is 12.7 Å². The number of nitrogens with zero attached hydrogens (tertiary/aromatic N) is 7. The van der Waals surface area contributed by atoms with Crippen LogP contribution in [0.2, 0.25) is 0 Å². The van der Waals surface area contributed by atoms with Gasteiger partial charge in [-0.25, -0.2) is 4.98 Å². The van der Waals surface area contributed by atoms with Gasteiger partial charge in [0.2, 0.25) is 11.9 Å². The Labute approximate surface area is 110 Å². The van der Waals surface area contributed by atoms with Gasteiger partial charge in [-0.1, -0.05) is 0 Å². The fourth-order valence-corrected chi connectivity index (χ4v) is 1.40. The number of likely N-dealkylation sites (N-methyl/N-ethyl adjacent to an activating group) is 1. The molecule has 0 bridgehead atoms. The zero-order valence-corrected chi connectivity index (χ0v) is 10.9. The van der Waals surface area contributed by atoms with Crippen molar-refractivity contribution in [3.63, 3.8) is 0 Å². The maximum absolute atomic E-state index is 5.68. The molecule has 0 atom stereocenters. The van der Waals surface area contributed by atoms with Crippen molar-refractivity contribution >= 4 is 11.9 Å². The Kier molecular flexibility index (Phi) is 4.18. The second kappa shape index (κ2) is 6.05. The molecule has 0 radical (unpaired) electrons. The third-order valence-electron chi connectivity index (χ3n) is 2.37. The van der Waals surface area contributed by atoms with Crippen LogP contribution in [0.4, 0.5) is 11.9 Å². The lowest BCUT2D eigenvalue weighted by atomic mass is 10.6. The van der Waals surface area contributed by atoms with Crippen molar-refractivity contribution in [2.45, 2.75) is 6.92 Å². The number of anilines is 2. The normalized spacial score (nSPS) is 10.6. The zero-order valence-electron chi connectivity index (χ0n) is 10.9. The van der Waals surface area contributed by atoms with E-state index in [0.717, 1.165) is 0 Å². The predicted octanol–water partition coefficient (Wildman–Crippen LogP) is -0.493. The molecule has 0 spiro atoms. The molecule has 102 valence electrons. The Bertz CT molecular complexity index is 514. The van der Waals surface area contributed by atoms with Gasteiger partial charge < -0.3 is 15.4 Å². The molecule has 0 aliphatic carbocycles. The van der Waals surface area contributed by atoms with Crippen LogP contribution >= 0.6 is 0 Å². The second-order valence-electron chi connectivity index (χ2n) is 3.75. The lowest BCUT2D eigenvalue weighted by Gasteiger charge is -2.17. The van der Waals surface area contributed by atoms with Gasteiger partial charge in [0.05, 0.1) is 6.61 Å². The molecule has 0 saturated carbocycles. The van der Waals surface area contributed by atoms with Crippen molar-refractivity contribution in [2.75, 3.05) is 37.4 Å². The summed E-state index contributed by atoms with van der Waals surface area (Å²) in [5.41, 5.74) is 5.68. The first-order chi connectivity index (χ1) is 9.20. The van der Waals surface area contributed by atoms with Crippen molar-refractivity contribution in [2.24, 2.45) is 0 Å². The van der Waals surface area contributed by atoms with E-state index >= 15 is 0 Å². The first kappa shape index (κ1) is 13.1. The molecule has 0 amide bonds. The highest BCUT2D eigenvalue weighted by atomic mass is 16.5. The maximum atomic E-state index is 5.68. The molecule has 2 heterocycles. The molecule has 0 saturated heterocycles. The van der Waals surface area contributed by atoms with Gasteiger partial charge in [-0.05, 0) is 6.92 Å². The van der Waals surface area contributed by atoms with Crippen molar-refractivity contribution in [1.82, 2.24) is 29.7 Å². The van der Waals surface area contributed by atoms with E-state index in [1.165, 1.54) is 17.3 Å². The van der Waals surface area contributed by atoms with Gasteiger partial charge >= 0.3 is 0 Å². The maximum Gasteiger partial charge on any atom is 0.258 e. The average molecular weight is 264 g/mol. The first-order valence-corrected chi connectivity index (χ1v) is 5.86. The van der Waals surface area contributed by atoms with Crippen LogP contribution in [-0.4, -0.2) is 56.5 Å². The van der Waals surface area contributed by atoms with Gasteiger partial charge in [0.25, 0.3) is 5.95 Å². The summed E-state index contributed by atoms with van der Waals surface area (Å²) in [5.74, 6) is 0.944. The van der Waals surface area contributed by atoms with Crippen LogP contribution in [-0.2, 0) is 4.74 Å². The molecule has 0 aromatic carbocycles. The molecular formula is C10H16N8O. The minimum absolute atomic E-state index is 0.138. The van der Waals surface area contributed by atoms with Gasteiger partial charge in [-0.2, -0.15) is 24.7 Å². The fraction of sp³-hybridized carbons (Fsp3) is 0.500. The number of nitrogens with two attached hydrogens (primary N) is 1. The Morgan fingerprint density at radius 3 is 2.89 bits per heavy atom. The summed E-state index contributed by atoms with van der Waals surface area (Å²) in [7, 11) is 1.86. The Morgan fingerprint density at radius 1 is 1.37 bits per heavy atom. The van der Waals surface area contributed by atoms with Crippen LogP contribution in [0.25, 0.3) is 5.95 Å². The summed E-state index contributed by atoms with van der Waals surface area (Å²) in [6.07, 6.45) is 2.90. The first-order valence-electron chi connectivity index (χ1n) is 5.86. The molecule has 0 fully saturated rings. The molecule has 0 unspecified atom stereocenters. The number of hydrogen-bond donors (Lipinski definition) is 1. The monoisotopic (exact) mass is 264 g/mol. The fourth-order valence-electron chi connectivity index (χ4n) is 1.40. The average Bonchev–Trinajstić information content (AvgIpc) is 2.92. The summed E-state index contributed by atoms with van der Waals surface area (Å²) in [4.78, 5) is 18.1. The third-order valence-corrected chi connectivity index (χ3v) is 2.37. The van der Waals surface area contributed by atoms with Crippen LogP contribution in [0.3, 0.4) is 0 Å². The van der Waals surface area contributed by atoms with E-state index < -0.39 is 0 Å². The molecule has 2 aromatic rings. The number of rotatable bonds is 6. The Balaban J connectivity index is 2.17. The predicted molar refractivity (Wildman–Crippen MR) is 68.9 cm³/mol.